The minimum atomic E-state index is -1.83. The first-order valence-electron chi connectivity index (χ1n) is 3.66. The Hall–Kier alpha value is -0.410. The van der Waals surface area contributed by atoms with Crippen LogP contribution in [0.4, 0.5) is 0 Å². The van der Waals surface area contributed by atoms with Gasteiger partial charge in [-0.05, 0) is 19.4 Å². The monoisotopic (exact) mass is 174 g/mol. The first-order valence-corrected chi connectivity index (χ1v) is 4.76. The van der Waals surface area contributed by atoms with Crippen LogP contribution in [0.25, 0.3) is 0 Å². The molecule has 64 valence electrons. The SMILES string of the molecule is CC=CC(=CCCC)S(=O)O. The van der Waals surface area contributed by atoms with Crippen LogP contribution in [0, 0.1) is 0 Å². The van der Waals surface area contributed by atoms with Gasteiger partial charge in [0.15, 0.2) is 11.1 Å². The van der Waals surface area contributed by atoms with Gasteiger partial charge in [-0.2, -0.15) is 0 Å². The van der Waals surface area contributed by atoms with E-state index in [9.17, 15) is 4.21 Å². The van der Waals surface area contributed by atoms with Crippen LogP contribution in [0.2, 0.25) is 0 Å². The maximum absolute atomic E-state index is 10.6. The van der Waals surface area contributed by atoms with E-state index in [1.807, 2.05) is 13.8 Å². The molecule has 0 fully saturated rings. The Morgan fingerprint density at radius 2 is 2.27 bits per heavy atom. The lowest BCUT2D eigenvalue weighted by Crippen LogP contribution is -1.88. The Labute approximate surface area is 70.3 Å². The lowest BCUT2D eigenvalue weighted by atomic mass is 10.3. The van der Waals surface area contributed by atoms with Crippen molar-refractivity contribution in [3.8, 4) is 0 Å². The zero-order chi connectivity index (χ0) is 8.69. The maximum Gasteiger partial charge on any atom is 0.186 e. The minimum absolute atomic E-state index is 0.495. The van der Waals surface area contributed by atoms with E-state index in [0.29, 0.717) is 4.91 Å². The van der Waals surface area contributed by atoms with Gasteiger partial charge in [-0.25, -0.2) is 4.21 Å². The van der Waals surface area contributed by atoms with E-state index < -0.39 is 11.1 Å². The van der Waals surface area contributed by atoms with Crippen molar-refractivity contribution in [3.05, 3.63) is 23.1 Å². The lowest BCUT2D eigenvalue weighted by molar-refractivity contribution is 0.572. The maximum atomic E-state index is 10.6. The largest absolute Gasteiger partial charge is 0.302 e. The van der Waals surface area contributed by atoms with Crippen molar-refractivity contribution in [3.63, 3.8) is 0 Å². The van der Waals surface area contributed by atoms with E-state index in [4.69, 9.17) is 4.55 Å². The van der Waals surface area contributed by atoms with Crippen LogP contribution in [0.5, 0.6) is 0 Å². The molecule has 0 saturated carbocycles. The average molecular weight is 174 g/mol. The molecular weight excluding hydrogens is 160 g/mol. The highest BCUT2D eigenvalue weighted by atomic mass is 32.2. The van der Waals surface area contributed by atoms with Gasteiger partial charge in [0.2, 0.25) is 0 Å². The van der Waals surface area contributed by atoms with Gasteiger partial charge in [0.25, 0.3) is 0 Å². The van der Waals surface area contributed by atoms with Gasteiger partial charge in [-0.1, -0.05) is 25.5 Å². The van der Waals surface area contributed by atoms with Crippen LogP contribution in [0.1, 0.15) is 26.7 Å². The fourth-order valence-corrected chi connectivity index (χ4v) is 1.16. The highest BCUT2D eigenvalue weighted by Crippen LogP contribution is 2.04. The predicted octanol–water partition coefficient (Wildman–Crippen LogP) is 2.47. The van der Waals surface area contributed by atoms with Crippen LogP contribution >= 0.6 is 0 Å². The fraction of sp³-hybridized carbons (Fsp3) is 0.500. The second-order valence-corrected chi connectivity index (χ2v) is 3.11. The quantitative estimate of drug-likeness (QED) is 0.525. The highest BCUT2D eigenvalue weighted by Gasteiger charge is 1.96. The molecule has 1 unspecified atom stereocenters. The smallest absolute Gasteiger partial charge is 0.186 e. The van der Waals surface area contributed by atoms with Gasteiger partial charge >= 0.3 is 0 Å². The molecule has 1 atom stereocenters. The Kier molecular flexibility index (Phi) is 6.07. The number of allylic oxidation sites excluding steroid dienone is 3. The third-order valence-corrected chi connectivity index (χ3v) is 1.87. The van der Waals surface area contributed by atoms with Gasteiger partial charge in [-0.3, -0.25) is 0 Å². The summed E-state index contributed by atoms with van der Waals surface area (Å²) in [4.78, 5) is 0.495. The number of hydrogen-bond acceptors (Lipinski definition) is 1. The molecule has 0 aliphatic heterocycles. The molecule has 0 aromatic rings. The van der Waals surface area contributed by atoms with Crippen molar-refractivity contribution < 1.29 is 8.76 Å². The van der Waals surface area contributed by atoms with Crippen molar-refractivity contribution in [1.29, 1.82) is 0 Å². The molecule has 0 bridgehead atoms. The molecule has 0 radical (unpaired) electrons. The normalized spacial score (nSPS) is 15.7. The van der Waals surface area contributed by atoms with Crippen molar-refractivity contribution in [1.82, 2.24) is 0 Å². The third kappa shape index (κ3) is 4.93. The average Bonchev–Trinajstić information content (AvgIpc) is 1.97. The van der Waals surface area contributed by atoms with Crippen LogP contribution in [-0.2, 0) is 11.1 Å². The molecule has 0 spiro atoms. The zero-order valence-corrected chi connectivity index (χ0v) is 7.73. The molecule has 0 amide bonds. The lowest BCUT2D eigenvalue weighted by Gasteiger charge is -1.93. The van der Waals surface area contributed by atoms with E-state index in [2.05, 4.69) is 0 Å². The Morgan fingerprint density at radius 1 is 1.64 bits per heavy atom. The number of unbranched alkanes of at least 4 members (excludes halogenated alkanes) is 1. The zero-order valence-electron chi connectivity index (χ0n) is 6.91. The molecule has 0 saturated heterocycles. The van der Waals surface area contributed by atoms with Crippen LogP contribution in [-0.4, -0.2) is 8.76 Å². The minimum Gasteiger partial charge on any atom is -0.302 e. The van der Waals surface area contributed by atoms with Crippen LogP contribution in [0.15, 0.2) is 23.1 Å². The summed E-state index contributed by atoms with van der Waals surface area (Å²) in [6, 6.07) is 0. The number of hydrogen-bond donors (Lipinski definition) is 1. The summed E-state index contributed by atoms with van der Waals surface area (Å²) in [6.07, 6.45) is 7.06. The van der Waals surface area contributed by atoms with Crippen molar-refractivity contribution >= 4 is 11.1 Å². The molecule has 0 aliphatic rings. The molecule has 0 aliphatic carbocycles. The molecule has 0 heterocycles. The first kappa shape index (κ1) is 10.6. The van der Waals surface area contributed by atoms with E-state index in [1.165, 1.54) is 0 Å². The van der Waals surface area contributed by atoms with Crippen molar-refractivity contribution in [2.45, 2.75) is 26.7 Å². The van der Waals surface area contributed by atoms with Gasteiger partial charge in [0.1, 0.15) is 0 Å². The van der Waals surface area contributed by atoms with Crippen molar-refractivity contribution in [2.75, 3.05) is 0 Å². The molecule has 11 heavy (non-hydrogen) atoms. The highest BCUT2D eigenvalue weighted by molar-refractivity contribution is 7.83. The second kappa shape index (κ2) is 6.31. The molecule has 2 nitrogen and oxygen atoms in total. The molecular formula is C8H14O2S. The standard InChI is InChI=1S/C8H14O2S/c1-3-5-7-8(6-4-2)11(9)10/h4,6-7H,3,5H2,1-2H3,(H,9,10). The van der Waals surface area contributed by atoms with E-state index in [0.717, 1.165) is 12.8 Å². The second-order valence-electron chi connectivity index (χ2n) is 2.14. The summed E-state index contributed by atoms with van der Waals surface area (Å²) in [7, 11) is 0. The third-order valence-electron chi connectivity index (χ3n) is 1.17. The van der Waals surface area contributed by atoms with E-state index in [-0.39, 0.29) is 0 Å². The summed E-state index contributed by atoms with van der Waals surface area (Å²) in [5.41, 5.74) is 0. The molecule has 1 N–H and O–H groups in total. The Bertz CT molecular complexity index is 183. The first-order chi connectivity index (χ1) is 5.22. The molecule has 0 aromatic carbocycles. The fourth-order valence-electron chi connectivity index (χ4n) is 0.648. The van der Waals surface area contributed by atoms with Gasteiger partial charge in [-0.15, -0.1) is 0 Å². The molecule has 0 rings (SSSR count). The van der Waals surface area contributed by atoms with E-state index in [1.54, 1.807) is 18.2 Å². The topological polar surface area (TPSA) is 37.3 Å². The Morgan fingerprint density at radius 3 is 2.64 bits per heavy atom. The van der Waals surface area contributed by atoms with Gasteiger partial charge in [0.05, 0.1) is 4.91 Å². The molecule has 3 heteroatoms. The van der Waals surface area contributed by atoms with Crippen LogP contribution in [0.3, 0.4) is 0 Å². The summed E-state index contributed by atoms with van der Waals surface area (Å²) in [5.74, 6) is 0. The van der Waals surface area contributed by atoms with Gasteiger partial charge < -0.3 is 4.55 Å². The molecule has 0 aromatic heterocycles. The predicted molar refractivity (Wildman–Crippen MR) is 48.6 cm³/mol. The summed E-state index contributed by atoms with van der Waals surface area (Å²) < 4.78 is 19.3. The van der Waals surface area contributed by atoms with Gasteiger partial charge in [0, 0.05) is 0 Å². The van der Waals surface area contributed by atoms with Crippen LogP contribution < -0.4 is 0 Å². The van der Waals surface area contributed by atoms with Crippen molar-refractivity contribution in [2.24, 2.45) is 0 Å². The van der Waals surface area contributed by atoms with E-state index >= 15 is 0 Å². The Balaban J connectivity index is 4.20. The number of rotatable bonds is 4. The summed E-state index contributed by atoms with van der Waals surface area (Å²) >= 11 is -1.83. The summed E-state index contributed by atoms with van der Waals surface area (Å²) in [5, 5.41) is 0. The summed E-state index contributed by atoms with van der Waals surface area (Å²) in [6.45, 7) is 3.86.